The maximum atomic E-state index is 11.9. The lowest BCUT2D eigenvalue weighted by atomic mass is 9.93. The molecule has 0 aromatic carbocycles. The zero-order valence-electron chi connectivity index (χ0n) is 9.28. The van der Waals surface area contributed by atoms with Crippen molar-refractivity contribution in [2.24, 2.45) is 0 Å². The van der Waals surface area contributed by atoms with Crippen LogP contribution in [-0.4, -0.2) is 10.8 Å². The van der Waals surface area contributed by atoms with Gasteiger partial charge >= 0.3 is 0 Å². The first-order valence-corrected chi connectivity index (χ1v) is 5.68. The maximum Gasteiger partial charge on any atom is 0.162 e. The number of rotatable bonds is 3. The molecule has 0 saturated heterocycles. The van der Waals surface area contributed by atoms with E-state index in [1.54, 1.807) is 12.3 Å². The minimum Gasteiger partial charge on any atom is -0.384 e. The van der Waals surface area contributed by atoms with E-state index in [9.17, 15) is 4.79 Å². The summed E-state index contributed by atoms with van der Waals surface area (Å²) in [5.74, 6) is 0.702. The lowest BCUT2D eigenvalue weighted by molar-refractivity contribution is -0.115. The molecule has 0 saturated carbocycles. The molecule has 0 aliphatic heterocycles. The highest BCUT2D eigenvalue weighted by molar-refractivity contribution is 5.96. The van der Waals surface area contributed by atoms with Crippen molar-refractivity contribution in [2.75, 3.05) is 5.73 Å². The summed E-state index contributed by atoms with van der Waals surface area (Å²) in [7, 11) is 0. The summed E-state index contributed by atoms with van der Waals surface area (Å²) in [6.45, 7) is 0. The van der Waals surface area contributed by atoms with Crippen LogP contribution in [0.15, 0.2) is 30.0 Å². The van der Waals surface area contributed by atoms with E-state index in [0.29, 0.717) is 12.2 Å². The van der Waals surface area contributed by atoms with Gasteiger partial charge < -0.3 is 5.73 Å². The average molecular weight is 216 g/mol. The fourth-order valence-electron chi connectivity index (χ4n) is 1.99. The van der Waals surface area contributed by atoms with Gasteiger partial charge in [-0.05, 0) is 49.0 Å². The molecule has 3 nitrogen and oxygen atoms in total. The van der Waals surface area contributed by atoms with Crippen LogP contribution in [0.1, 0.15) is 31.2 Å². The first-order chi connectivity index (χ1) is 7.75. The van der Waals surface area contributed by atoms with Crippen molar-refractivity contribution in [3.8, 4) is 0 Å². The number of hydrogen-bond donors (Lipinski definition) is 1. The van der Waals surface area contributed by atoms with E-state index >= 15 is 0 Å². The van der Waals surface area contributed by atoms with Crippen molar-refractivity contribution in [1.29, 1.82) is 0 Å². The van der Waals surface area contributed by atoms with Gasteiger partial charge in [-0.15, -0.1) is 0 Å². The molecule has 3 heteroatoms. The Kier molecular flexibility index (Phi) is 3.34. The minimum atomic E-state index is 0.227. The van der Waals surface area contributed by atoms with Crippen LogP contribution >= 0.6 is 0 Å². The standard InChI is InChI=1S/C13H16N2O/c14-13-9-10(6-7-15-13)8-12(16)11-4-2-1-3-5-11/h4,6-7,9H,1-3,5,8H2,(H2,14,15). The Balaban J connectivity index is 2.04. The second-order valence-electron chi connectivity index (χ2n) is 4.16. The number of nitrogens with two attached hydrogens (primary N) is 1. The molecule has 0 fully saturated rings. The molecular formula is C13H16N2O. The van der Waals surface area contributed by atoms with Gasteiger partial charge in [-0.3, -0.25) is 4.79 Å². The largest absolute Gasteiger partial charge is 0.384 e. The number of hydrogen-bond acceptors (Lipinski definition) is 3. The molecule has 0 unspecified atom stereocenters. The molecular weight excluding hydrogens is 200 g/mol. The Morgan fingerprint density at radius 1 is 1.44 bits per heavy atom. The predicted molar refractivity (Wildman–Crippen MR) is 63.9 cm³/mol. The average Bonchev–Trinajstić information content (AvgIpc) is 2.30. The first-order valence-electron chi connectivity index (χ1n) is 5.68. The van der Waals surface area contributed by atoms with Gasteiger partial charge in [-0.25, -0.2) is 4.98 Å². The Morgan fingerprint density at radius 2 is 2.31 bits per heavy atom. The highest BCUT2D eigenvalue weighted by Crippen LogP contribution is 2.19. The molecule has 1 aliphatic rings. The van der Waals surface area contributed by atoms with Gasteiger partial charge in [0.25, 0.3) is 0 Å². The van der Waals surface area contributed by atoms with E-state index in [1.165, 1.54) is 6.42 Å². The van der Waals surface area contributed by atoms with Crippen LogP contribution in [-0.2, 0) is 11.2 Å². The predicted octanol–water partition coefficient (Wildman–Crippen LogP) is 2.28. The molecule has 2 N–H and O–H groups in total. The normalized spacial score (nSPS) is 15.6. The summed E-state index contributed by atoms with van der Waals surface area (Å²) in [5, 5.41) is 0. The number of anilines is 1. The number of pyridine rings is 1. The lowest BCUT2D eigenvalue weighted by Crippen LogP contribution is -2.09. The van der Waals surface area contributed by atoms with Gasteiger partial charge in [-0.2, -0.15) is 0 Å². The van der Waals surface area contributed by atoms with E-state index in [1.807, 2.05) is 6.07 Å². The zero-order chi connectivity index (χ0) is 11.4. The van der Waals surface area contributed by atoms with Crippen LogP contribution in [0.4, 0.5) is 5.82 Å². The molecule has 0 radical (unpaired) electrons. The monoisotopic (exact) mass is 216 g/mol. The van der Waals surface area contributed by atoms with E-state index in [4.69, 9.17) is 5.73 Å². The third kappa shape index (κ3) is 2.69. The van der Waals surface area contributed by atoms with E-state index < -0.39 is 0 Å². The quantitative estimate of drug-likeness (QED) is 0.843. The Morgan fingerprint density at radius 3 is 3.00 bits per heavy atom. The number of carbonyl (C=O) groups excluding carboxylic acids is 1. The molecule has 2 rings (SSSR count). The Labute approximate surface area is 95.4 Å². The number of carbonyl (C=O) groups is 1. The summed E-state index contributed by atoms with van der Waals surface area (Å²) in [4.78, 5) is 15.9. The van der Waals surface area contributed by atoms with Gasteiger partial charge in [-0.1, -0.05) is 6.08 Å². The van der Waals surface area contributed by atoms with Crippen LogP contribution in [0.3, 0.4) is 0 Å². The zero-order valence-corrected chi connectivity index (χ0v) is 9.28. The van der Waals surface area contributed by atoms with Crippen LogP contribution in [0.5, 0.6) is 0 Å². The van der Waals surface area contributed by atoms with Crippen LogP contribution in [0, 0.1) is 0 Å². The summed E-state index contributed by atoms with van der Waals surface area (Å²) in [6.07, 6.45) is 8.48. The summed E-state index contributed by atoms with van der Waals surface area (Å²) in [5.41, 5.74) is 7.51. The van der Waals surface area contributed by atoms with E-state index in [-0.39, 0.29) is 5.78 Å². The Bertz CT molecular complexity index is 424. The molecule has 0 atom stereocenters. The third-order valence-corrected chi connectivity index (χ3v) is 2.86. The molecule has 0 amide bonds. The molecule has 0 bridgehead atoms. The number of ketones is 1. The van der Waals surface area contributed by atoms with Crippen molar-refractivity contribution >= 4 is 11.6 Å². The minimum absolute atomic E-state index is 0.227. The van der Waals surface area contributed by atoms with Crippen molar-refractivity contribution < 1.29 is 4.79 Å². The van der Waals surface area contributed by atoms with E-state index in [2.05, 4.69) is 11.1 Å². The SMILES string of the molecule is Nc1cc(CC(=O)C2=CCCCC2)ccn1. The number of nitrogen functional groups attached to an aromatic ring is 1. The van der Waals surface area contributed by atoms with Gasteiger partial charge in [0.05, 0.1) is 0 Å². The lowest BCUT2D eigenvalue weighted by Gasteiger charge is -2.11. The second-order valence-corrected chi connectivity index (χ2v) is 4.16. The van der Waals surface area contributed by atoms with Crippen LogP contribution in [0.2, 0.25) is 0 Å². The highest BCUT2D eigenvalue weighted by Gasteiger charge is 2.12. The molecule has 84 valence electrons. The second kappa shape index (κ2) is 4.92. The van der Waals surface area contributed by atoms with E-state index in [0.717, 1.165) is 30.4 Å². The van der Waals surface area contributed by atoms with Crippen molar-refractivity contribution in [3.63, 3.8) is 0 Å². The number of Topliss-reactive ketones (excluding diaryl/α,β-unsaturated/α-hetero) is 1. The van der Waals surface area contributed by atoms with Gasteiger partial charge in [0.15, 0.2) is 5.78 Å². The molecule has 1 aromatic rings. The number of allylic oxidation sites excluding steroid dienone is 2. The molecule has 16 heavy (non-hydrogen) atoms. The van der Waals surface area contributed by atoms with Crippen LogP contribution in [0.25, 0.3) is 0 Å². The molecule has 1 aliphatic carbocycles. The summed E-state index contributed by atoms with van der Waals surface area (Å²) in [6, 6.07) is 3.61. The van der Waals surface area contributed by atoms with Crippen molar-refractivity contribution in [3.05, 3.63) is 35.5 Å². The summed E-state index contributed by atoms with van der Waals surface area (Å²) >= 11 is 0. The topological polar surface area (TPSA) is 56.0 Å². The molecule has 1 heterocycles. The van der Waals surface area contributed by atoms with Crippen LogP contribution < -0.4 is 5.73 Å². The smallest absolute Gasteiger partial charge is 0.162 e. The third-order valence-electron chi connectivity index (χ3n) is 2.86. The number of nitrogens with zero attached hydrogens (tertiary/aromatic N) is 1. The first kappa shape index (κ1) is 10.9. The van der Waals surface area contributed by atoms with Gasteiger partial charge in [0.2, 0.25) is 0 Å². The van der Waals surface area contributed by atoms with Gasteiger partial charge in [0, 0.05) is 12.6 Å². The Hall–Kier alpha value is -1.64. The maximum absolute atomic E-state index is 11.9. The number of aromatic nitrogens is 1. The fourth-order valence-corrected chi connectivity index (χ4v) is 1.99. The van der Waals surface area contributed by atoms with Crippen molar-refractivity contribution in [2.45, 2.75) is 32.1 Å². The fraction of sp³-hybridized carbons (Fsp3) is 0.385. The summed E-state index contributed by atoms with van der Waals surface area (Å²) < 4.78 is 0. The van der Waals surface area contributed by atoms with Gasteiger partial charge in [0.1, 0.15) is 5.82 Å². The molecule has 1 aromatic heterocycles. The van der Waals surface area contributed by atoms with Crippen molar-refractivity contribution in [1.82, 2.24) is 4.98 Å². The molecule has 0 spiro atoms. The highest BCUT2D eigenvalue weighted by atomic mass is 16.1.